The van der Waals surface area contributed by atoms with Gasteiger partial charge in [-0.15, -0.1) is 11.3 Å². The first-order valence-corrected chi connectivity index (χ1v) is 7.82. The largest absolute Gasteiger partial charge is 0.253 e. The van der Waals surface area contributed by atoms with Crippen LogP contribution in [-0.4, -0.2) is 4.98 Å². The number of aromatic nitrogens is 1. The molecule has 4 aromatic carbocycles. The van der Waals surface area contributed by atoms with Gasteiger partial charge in [0.15, 0.2) is 0 Å². The van der Waals surface area contributed by atoms with Crippen molar-refractivity contribution in [3.63, 3.8) is 0 Å². The van der Waals surface area contributed by atoms with Gasteiger partial charge in [-0.25, -0.2) is 0 Å². The summed E-state index contributed by atoms with van der Waals surface area (Å²) in [5, 5.41) is 10.1. The number of nitrogens with zero attached hydrogens (tertiary/aromatic N) is 1. The molecular formula is C19H13NS. The highest BCUT2D eigenvalue weighted by molar-refractivity contribution is 7.07. The Morgan fingerprint density at radius 1 is 0.619 bits per heavy atom. The second kappa shape index (κ2) is 5.15. The number of thiazole rings is 1. The Hall–Kier alpha value is -2.45. The van der Waals surface area contributed by atoms with E-state index in [0.717, 1.165) is 0 Å². The molecule has 1 nitrogen and oxygen atoms in total. The maximum atomic E-state index is 3.74. The van der Waals surface area contributed by atoms with Gasteiger partial charge in [0.05, 0.1) is 5.51 Å². The van der Waals surface area contributed by atoms with E-state index in [4.69, 9.17) is 0 Å². The third kappa shape index (κ3) is 2.14. The highest BCUT2D eigenvalue weighted by Crippen LogP contribution is 2.33. The maximum Gasteiger partial charge on any atom is 0.0791 e. The third-order valence-electron chi connectivity index (χ3n) is 3.74. The fourth-order valence-corrected chi connectivity index (χ4v) is 3.20. The Morgan fingerprint density at radius 3 is 1.38 bits per heavy atom. The molecule has 0 spiro atoms. The van der Waals surface area contributed by atoms with Crippen LogP contribution in [0.25, 0.3) is 32.3 Å². The van der Waals surface area contributed by atoms with Gasteiger partial charge in [-0.3, -0.25) is 4.98 Å². The van der Waals surface area contributed by atoms with Gasteiger partial charge in [0.25, 0.3) is 0 Å². The average molecular weight is 287 g/mol. The molecule has 0 unspecified atom stereocenters. The van der Waals surface area contributed by atoms with Gasteiger partial charge < -0.3 is 0 Å². The molecule has 100 valence electrons. The molecule has 0 aliphatic rings. The van der Waals surface area contributed by atoms with E-state index in [9.17, 15) is 0 Å². The molecule has 1 aromatic heterocycles. The lowest BCUT2D eigenvalue weighted by Gasteiger charge is -2.09. The highest BCUT2D eigenvalue weighted by atomic mass is 32.1. The summed E-state index contributed by atoms with van der Waals surface area (Å²) in [5.74, 6) is 0. The van der Waals surface area contributed by atoms with Crippen molar-refractivity contribution in [1.82, 2.24) is 4.98 Å². The highest BCUT2D eigenvalue weighted by Gasteiger charge is 2.05. The smallest absolute Gasteiger partial charge is 0.0791 e. The second-order valence-electron chi connectivity index (χ2n) is 4.97. The molecular weight excluding hydrogens is 274 g/mol. The van der Waals surface area contributed by atoms with Gasteiger partial charge in [0.2, 0.25) is 0 Å². The van der Waals surface area contributed by atoms with Crippen molar-refractivity contribution >= 4 is 43.7 Å². The third-order valence-corrected chi connectivity index (χ3v) is 4.26. The molecule has 0 amide bonds. The van der Waals surface area contributed by atoms with Crippen LogP contribution in [0.1, 0.15) is 0 Å². The number of benzene rings is 4. The summed E-state index contributed by atoms with van der Waals surface area (Å²) in [4.78, 5) is 3.74. The normalized spacial score (nSPS) is 10.9. The summed E-state index contributed by atoms with van der Waals surface area (Å²) < 4.78 is 0. The van der Waals surface area contributed by atoms with Crippen molar-refractivity contribution in [1.29, 1.82) is 0 Å². The van der Waals surface area contributed by atoms with Crippen LogP contribution in [0, 0.1) is 0 Å². The molecule has 2 heteroatoms. The number of hydrogen-bond acceptors (Lipinski definition) is 2. The van der Waals surface area contributed by atoms with E-state index in [-0.39, 0.29) is 0 Å². The van der Waals surface area contributed by atoms with E-state index in [1.807, 2.05) is 5.38 Å². The maximum absolute atomic E-state index is 3.74. The zero-order valence-corrected chi connectivity index (χ0v) is 12.2. The van der Waals surface area contributed by atoms with Gasteiger partial charge in [-0.05, 0) is 32.3 Å². The molecule has 0 radical (unpaired) electrons. The molecule has 0 saturated carbocycles. The number of hydrogen-bond donors (Lipinski definition) is 0. The van der Waals surface area contributed by atoms with E-state index < -0.39 is 0 Å². The molecule has 0 atom stereocenters. The summed E-state index contributed by atoms with van der Waals surface area (Å²) in [6.07, 6.45) is 1.77. The Bertz CT molecular complexity index is 839. The predicted molar refractivity (Wildman–Crippen MR) is 92.3 cm³/mol. The second-order valence-corrected chi connectivity index (χ2v) is 5.72. The van der Waals surface area contributed by atoms with Crippen LogP contribution in [0.2, 0.25) is 0 Å². The Kier molecular flexibility index (Phi) is 3.02. The molecule has 0 fully saturated rings. The lowest BCUT2D eigenvalue weighted by atomic mass is 9.95. The van der Waals surface area contributed by atoms with Crippen molar-refractivity contribution in [2.24, 2.45) is 0 Å². The van der Waals surface area contributed by atoms with Gasteiger partial charge in [-0.2, -0.15) is 0 Å². The van der Waals surface area contributed by atoms with Crippen LogP contribution in [0.4, 0.5) is 0 Å². The van der Waals surface area contributed by atoms with Crippen molar-refractivity contribution in [3.05, 3.63) is 77.8 Å². The predicted octanol–water partition coefficient (Wildman–Crippen LogP) is 5.73. The SMILES string of the molecule is c1cc2ccc3cccc4ccc(c1)c2c34.c1cscn1. The van der Waals surface area contributed by atoms with Crippen LogP contribution in [0.15, 0.2) is 77.8 Å². The van der Waals surface area contributed by atoms with E-state index in [1.165, 1.54) is 32.3 Å². The monoisotopic (exact) mass is 287 g/mol. The van der Waals surface area contributed by atoms with Crippen LogP contribution in [-0.2, 0) is 0 Å². The fraction of sp³-hybridized carbons (Fsp3) is 0. The number of rotatable bonds is 0. The van der Waals surface area contributed by atoms with E-state index in [2.05, 4.69) is 65.6 Å². The van der Waals surface area contributed by atoms with Gasteiger partial charge in [-0.1, -0.05) is 60.7 Å². The first-order valence-electron chi connectivity index (χ1n) is 6.88. The molecule has 0 saturated heterocycles. The molecule has 1 heterocycles. The van der Waals surface area contributed by atoms with E-state index in [1.54, 1.807) is 23.0 Å². The Labute approximate surface area is 126 Å². The van der Waals surface area contributed by atoms with Crippen molar-refractivity contribution < 1.29 is 0 Å². The quantitative estimate of drug-likeness (QED) is 0.332. The van der Waals surface area contributed by atoms with E-state index >= 15 is 0 Å². The molecule has 21 heavy (non-hydrogen) atoms. The van der Waals surface area contributed by atoms with Gasteiger partial charge in [0.1, 0.15) is 0 Å². The molecule has 0 N–H and O–H groups in total. The Balaban J connectivity index is 0.000000197. The lowest BCUT2D eigenvalue weighted by molar-refractivity contribution is 1.43. The molecule has 5 rings (SSSR count). The minimum absolute atomic E-state index is 1.34. The van der Waals surface area contributed by atoms with Crippen molar-refractivity contribution in [2.75, 3.05) is 0 Å². The summed E-state index contributed by atoms with van der Waals surface area (Å²) in [7, 11) is 0. The van der Waals surface area contributed by atoms with Gasteiger partial charge >= 0.3 is 0 Å². The molecule has 0 bridgehead atoms. The van der Waals surface area contributed by atoms with Crippen LogP contribution >= 0.6 is 11.3 Å². The standard InChI is InChI=1S/C16H10.C3H3NS/c1-3-11-7-9-13-5-2-6-14-10-8-12(4-1)15(11)16(13)14;1-2-5-3-4-1/h1-10H;1-3H. The first-order chi connectivity index (χ1) is 10.4. The van der Waals surface area contributed by atoms with Crippen LogP contribution in [0.5, 0.6) is 0 Å². The Morgan fingerprint density at radius 2 is 1.10 bits per heavy atom. The van der Waals surface area contributed by atoms with Gasteiger partial charge in [0, 0.05) is 11.6 Å². The van der Waals surface area contributed by atoms with Crippen LogP contribution < -0.4 is 0 Å². The average Bonchev–Trinajstić information content (AvgIpc) is 3.13. The minimum Gasteiger partial charge on any atom is -0.253 e. The zero-order chi connectivity index (χ0) is 14.1. The molecule has 5 aromatic rings. The molecule has 0 aliphatic carbocycles. The topological polar surface area (TPSA) is 12.9 Å². The lowest BCUT2D eigenvalue weighted by Crippen LogP contribution is -1.82. The first kappa shape index (κ1) is 12.3. The van der Waals surface area contributed by atoms with E-state index in [0.29, 0.717) is 0 Å². The van der Waals surface area contributed by atoms with Crippen molar-refractivity contribution in [2.45, 2.75) is 0 Å². The zero-order valence-electron chi connectivity index (χ0n) is 11.4. The summed E-state index contributed by atoms with van der Waals surface area (Å²) >= 11 is 1.60. The van der Waals surface area contributed by atoms with Crippen LogP contribution in [0.3, 0.4) is 0 Å². The fourth-order valence-electron chi connectivity index (χ4n) is 2.85. The van der Waals surface area contributed by atoms with Crippen molar-refractivity contribution in [3.8, 4) is 0 Å². The minimum atomic E-state index is 1.34. The summed E-state index contributed by atoms with van der Waals surface area (Å²) in [5.41, 5.74) is 1.79. The summed E-state index contributed by atoms with van der Waals surface area (Å²) in [6, 6.07) is 21.9. The molecule has 0 aliphatic heterocycles. The summed E-state index contributed by atoms with van der Waals surface area (Å²) in [6.45, 7) is 0.